The number of aliphatic hydroxyl groups excluding tert-OH is 1. The van der Waals surface area contributed by atoms with Gasteiger partial charge in [0.2, 0.25) is 0 Å². The Morgan fingerprint density at radius 1 is 0.946 bits per heavy atom. The molecule has 190 valence electrons. The van der Waals surface area contributed by atoms with Crippen LogP contribution in [0.4, 0.5) is 5.69 Å². The van der Waals surface area contributed by atoms with Gasteiger partial charge < -0.3 is 24.2 Å². The molecule has 1 heterocycles. The number of carbonyl (C=O) groups is 2. The van der Waals surface area contributed by atoms with E-state index in [4.69, 9.17) is 14.2 Å². The monoisotopic (exact) mass is 504 g/mol. The lowest BCUT2D eigenvalue weighted by molar-refractivity contribution is -0.384. The first-order valence-corrected chi connectivity index (χ1v) is 11.2. The van der Waals surface area contributed by atoms with Crippen molar-refractivity contribution < 1.29 is 33.8 Å². The first-order chi connectivity index (χ1) is 17.8. The standard InChI is InChI=1S/C27H24N2O8/c1-35-20-10-8-17(9-11-20)24-23(25(30)18-5-4-6-19(14-18)29(33)34)26(31)27(32)28(24)15-16-7-12-21(36-2)22(13-16)37-3/h4-14,24,30H,15H2,1-3H3/b25-23-. The minimum Gasteiger partial charge on any atom is -0.507 e. The zero-order chi connectivity index (χ0) is 26.7. The Morgan fingerprint density at radius 2 is 1.65 bits per heavy atom. The number of methoxy groups -OCH3 is 3. The molecule has 3 aromatic rings. The van der Waals surface area contributed by atoms with Crippen molar-refractivity contribution in [1.82, 2.24) is 4.90 Å². The van der Waals surface area contributed by atoms with Crippen molar-refractivity contribution in [2.24, 2.45) is 0 Å². The van der Waals surface area contributed by atoms with Gasteiger partial charge in [0, 0.05) is 24.2 Å². The normalized spacial score (nSPS) is 16.5. The quantitative estimate of drug-likeness (QED) is 0.159. The zero-order valence-electron chi connectivity index (χ0n) is 20.3. The van der Waals surface area contributed by atoms with Crippen LogP contribution in [0, 0.1) is 10.1 Å². The van der Waals surface area contributed by atoms with Gasteiger partial charge in [0.1, 0.15) is 11.5 Å². The van der Waals surface area contributed by atoms with E-state index in [1.807, 2.05) is 0 Å². The Hall–Kier alpha value is -4.86. The number of nitro groups is 1. The number of non-ortho nitro benzene ring substituents is 1. The first kappa shape index (κ1) is 25.2. The summed E-state index contributed by atoms with van der Waals surface area (Å²) in [5.41, 5.74) is 0.832. The van der Waals surface area contributed by atoms with Gasteiger partial charge in [0.25, 0.3) is 17.4 Å². The number of amides is 1. The van der Waals surface area contributed by atoms with Crippen molar-refractivity contribution >= 4 is 23.1 Å². The van der Waals surface area contributed by atoms with E-state index in [-0.39, 0.29) is 23.4 Å². The number of hydrogen-bond acceptors (Lipinski definition) is 8. The number of Topliss-reactive ketones (excluding diaryl/α,β-unsaturated/α-hetero) is 1. The summed E-state index contributed by atoms with van der Waals surface area (Å²) in [7, 11) is 4.51. The summed E-state index contributed by atoms with van der Waals surface area (Å²) in [5, 5.41) is 22.4. The highest BCUT2D eigenvalue weighted by molar-refractivity contribution is 6.46. The number of carbonyl (C=O) groups excluding carboxylic acids is 2. The molecular formula is C27H24N2O8. The fraction of sp³-hybridized carbons (Fsp3) is 0.185. The number of ketones is 1. The molecule has 0 bridgehead atoms. The van der Waals surface area contributed by atoms with Crippen LogP contribution in [0.25, 0.3) is 5.76 Å². The van der Waals surface area contributed by atoms with E-state index in [9.17, 15) is 24.8 Å². The molecule has 0 radical (unpaired) electrons. The average molecular weight is 504 g/mol. The molecule has 10 nitrogen and oxygen atoms in total. The van der Waals surface area contributed by atoms with Gasteiger partial charge in [-0.05, 0) is 35.4 Å². The zero-order valence-corrected chi connectivity index (χ0v) is 20.3. The van der Waals surface area contributed by atoms with Crippen LogP contribution < -0.4 is 14.2 Å². The molecule has 1 aliphatic heterocycles. The predicted molar refractivity (Wildman–Crippen MR) is 133 cm³/mol. The molecule has 1 amide bonds. The smallest absolute Gasteiger partial charge is 0.295 e. The fourth-order valence-electron chi connectivity index (χ4n) is 4.27. The van der Waals surface area contributed by atoms with Gasteiger partial charge in [-0.2, -0.15) is 0 Å². The van der Waals surface area contributed by atoms with Crippen LogP contribution in [0.1, 0.15) is 22.7 Å². The number of likely N-dealkylation sites (tertiary alicyclic amines) is 1. The Balaban J connectivity index is 1.85. The van der Waals surface area contributed by atoms with Crippen molar-refractivity contribution in [1.29, 1.82) is 0 Å². The molecule has 1 fully saturated rings. The Bertz CT molecular complexity index is 1400. The molecule has 10 heteroatoms. The van der Waals surface area contributed by atoms with Gasteiger partial charge in [-0.15, -0.1) is 0 Å². The first-order valence-electron chi connectivity index (χ1n) is 11.2. The lowest BCUT2D eigenvalue weighted by atomic mass is 9.95. The van der Waals surface area contributed by atoms with Crippen LogP contribution in [0.15, 0.2) is 72.3 Å². The molecule has 0 aliphatic carbocycles. The second kappa shape index (κ2) is 10.4. The van der Waals surface area contributed by atoms with E-state index < -0.39 is 28.4 Å². The molecule has 1 aliphatic rings. The maximum absolute atomic E-state index is 13.3. The minimum absolute atomic E-state index is 0.0212. The van der Waals surface area contributed by atoms with Crippen molar-refractivity contribution in [3.63, 3.8) is 0 Å². The van der Waals surface area contributed by atoms with Gasteiger partial charge in [0.15, 0.2) is 11.5 Å². The molecule has 1 N–H and O–H groups in total. The number of nitrogens with zero attached hydrogens (tertiary/aromatic N) is 2. The largest absolute Gasteiger partial charge is 0.507 e. The van der Waals surface area contributed by atoms with Crippen LogP contribution >= 0.6 is 0 Å². The SMILES string of the molecule is COc1ccc(C2/C(=C(/O)c3cccc([N+](=O)[O-])c3)C(=O)C(=O)N2Cc2ccc(OC)c(OC)c2)cc1. The van der Waals surface area contributed by atoms with E-state index in [2.05, 4.69) is 0 Å². The Morgan fingerprint density at radius 3 is 2.27 bits per heavy atom. The highest BCUT2D eigenvalue weighted by Crippen LogP contribution is 2.41. The lowest BCUT2D eigenvalue weighted by Crippen LogP contribution is -2.29. The number of nitro benzene ring substituents is 1. The molecule has 0 spiro atoms. The summed E-state index contributed by atoms with van der Waals surface area (Å²) in [6.07, 6.45) is 0. The number of hydrogen-bond donors (Lipinski definition) is 1. The maximum Gasteiger partial charge on any atom is 0.295 e. The van der Waals surface area contributed by atoms with Crippen LogP contribution in [0.3, 0.4) is 0 Å². The lowest BCUT2D eigenvalue weighted by Gasteiger charge is -2.26. The molecule has 1 saturated heterocycles. The van der Waals surface area contributed by atoms with Gasteiger partial charge in [-0.1, -0.05) is 30.3 Å². The number of aliphatic hydroxyl groups is 1. The molecule has 0 aromatic heterocycles. The third-order valence-electron chi connectivity index (χ3n) is 6.10. The van der Waals surface area contributed by atoms with E-state index in [0.29, 0.717) is 28.4 Å². The average Bonchev–Trinajstić information content (AvgIpc) is 3.17. The Kier molecular flexibility index (Phi) is 7.10. The second-order valence-corrected chi connectivity index (χ2v) is 8.20. The topological polar surface area (TPSA) is 128 Å². The van der Waals surface area contributed by atoms with Gasteiger partial charge in [0.05, 0.1) is 37.9 Å². The molecule has 1 atom stereocenters. The van der Waals surface area contributed by atoms with E-state index in [1.165, 1.54) is 44.4 Å². The fourth-order valence-corrected chi connectivity index (χ4v) is 4.27. The molecule has 0 saturated carbocycles. The van der Waals surface area contributed by atoms with Crippen molar-refractivity contribution in [3.05, 3.63) is 99.1 Å². The van der Waals surface area contributed by atoms with Crippen LogP contribution in [0.2, 0.25) is 0 Å². The third kappa shape index (κ3) is 4.81. The molecular weight excluding hydrogens is 480 g/mol. The van der Waals surface area contributed by atoms with Gasteiger partial charge in [-0.25, -0.2) is 0 Å². The highest BCUT2D eigenvalue weighted by atomic mass is 16.6. The van der Waals surface area contributed by atoms with Gasteiger partial charge in [-0.3, -0.25) is 19.7 Å². The van der Waals surface area contributed by atoms with Crippen LogP contribution in [-0.2, 0) is 16.1 Å². The maximum atomic E-state index is 13.3. The predicted octanol–water partition coefficient (Wildman–Crippen LogP) is 4.24. The van der Waals surface area contributed by atoms with Crippen molar-refractivity contribution in [3.8, 4) is 17.2 Å². The summed E-state index contributed by atoms with van der Waals surface area (Å²) in [6, 6.07) is 16.2. The van der Waals surface area contributed by atoms with Crippen LogP contribution in [-0.4, -0.2) is 47.9 Å². The van der Waals surface area contributed by atoms with Gasteiger partial charge >= 0.3 is 0 Å². The van der Waals surface area contributed by atoms with E-state index >= 15 is 0 Å². The summed E-state index contributed by atoms with van der Waals surface area (Å²) in [4.78, 5) is 38.5. The molecule has 3 aromatic carbocycles. The molecule has 4 rings (SSSR count). The number of rotatable bonds is 8. The summed E-state index contributed by atoms with van der Waals surface area (Å²) >= 11 is 0. The summed E-state index contributed by atoms with van der Waals surface area (Å²) < 4.78 is 15.9. The molecule has 1 unspecified atom stereocenters. The number of ether oxygens (including phenoxy) is 3. The van der Waals surface area contributed by atoms with Crippen molar-refractivity contribution in [2.75, 3.05) is 21.3 Å². The van der Waals surface area contributed by atoms with E-state index in [1.54, 1.807) is 42.5 Å². The van der Waals surface area contributed by atoms with Crippen LogP contribution in [0.5, 0.6) is 17.2 Å². The summed E-state index contributed by atoms with van der Waals surface area (Å²) in [5.74, 6) is -0.690. The van der Waals surface area contributed by atoms with E-state index in [0.717, 1.165) is 6.07 Å². The molecule has 37 heavy (non-hydrogen) atoms. The van der Waals surface area contributed by atoms with Crippen molar-refractivity contribution in [2.45, 2.75) is 12.6 Å². The second-order valence-electron chi connectivity index (χ2n) is 8.20. The highest BCUT2D eigenvalue weighted by Gasteiger charge is 2.46. The Labute approximate surface area is 212 Å². The minimum atomic E-state index is -0.960. The summed E-state index contributed by atoms with van der Waals surface area (Å²) in [6.45, 7) is 0.0212. The number of benzene rings is 3. The third-order valence-corrected chi connectivity index (χ3v) is 6.10.